The Hall–Kier alpha value is -1.24. The lowest BCUT2D eigenvalue weighted by molar-refractivity contribution is -0.264. The molecule has 2 bridgehead atoms. The number of esters is 1. The van der Waals surface area contributed by atoms with Gasteiger partial charge in [-0.05, 0) is 75.5 Å². The minimum atomic E-state index is -4.79. The second kappa shape index (κ2) is 9.43. The molecule has 3 fully saturated rings. The van der Waals surface area contributed by atoms with Crippen LogP contribution in [0, 0.1) is 40.9 Å². The summed E-state index contributed by atoms with van der Waals surface area (Å²) >= 11 is 0. The van der Waals surface area contributed by atoms with Gasteiger partial charge < -0.3 is 14.9 Å². The number of carbonyl (C=O) groups excluding carboxylic acids is 1. The van der Waals surface area contributed by atoms with Crippen LogP contribution >= 0.6 is 0 Å². The van der Waals surface area contributed by atoms with E-state index in [4.69, 9.17) is 4.74 Å². The third-order valence-electron chi connectivity index (χ3n) is 9.41. The maximum Gasteiger partial charge on any atom is 0.417 e. The molecule has 0 heterocycles. The third kappa shape index (κ3) is 4.94. The number of alkyl halides is 3. The van der Waals surface area contributed by atoms with Crippen LogP contribution in [0.5, 0.6) is 0 Å². The molecule has 0 radical (unpaired) electrons. The van der Waals surface area contributed by atoms with E-state index in [9.17, 15) is 28.2 Å². The van der Waals surface area contributed by atoms with Crippen LogP contribution in [0.15, 0.2) is 12.3 Å². The largest absolute Gasteiger partial charge is 0.513 e. The molecule has 4 nitrogen and oxygen atoms in total. The van der Waals surface area contributed by atoms with Crippen LogP contribution < -0.4 is 0 Å². The molecule has 3 aliphatic carbocycles. The van der Waals surface area contributed by atoms with Crippen molar-refractivity contribution in [1.82, 2.24) is 0 Å². The van der Waals surface area contributed by atoms with Crippen LogP contribution in [0.1, 0.15) is 85.5 Å². The first kappa shape index (κ1) is 26.4. The molecule has 190 valence electrons. The van der Waals surface area contributed by atoms with Gasteiger partial charge in [0, 0.05) is 12.3 Å². The van der Waals surface area contributed by atoms with E-state index in [0.29, 0.717) is 19.3 Å². The minimum Gasteiger partial charge on any atom is -0.513 e. The number of aliphatic hydroxyl groups excluding tert-OH is 1. The van der Waals surface area contributed by atoms with E-state index in [1.807, 2.05) is 13.8 Å². The third-order valence-corrected chi connectivity index (χ3v) is 9.41. The Kier molecular flexibility index (Phi) is 7.53. The standard InChI is InChI=1S/C26H41F3O4/c1-6-24(4,22-15(2)19-12-18(22)13-20(19)16(3)30)23(31)33-21(17-10-8-7-9-11-17)14-25(5,32)26(27,28)29/h15,17-22,30,32H,3,6-14H2,1-2,4-5H3. The Morgan fingerprint density at radius 1 is 1.15 bits per heavy atom. The van der Waals surface area contributed by atoms with Gasteiger partial charge in [-0.3, -0.25) is 4.79 Å². The average molecular weight is 475 g/mol. The molecule has 33 heavy (non-hydrogen) atoms. The summed E-state index contributed by atoms with van der Waals surface area (Å²) in [5.74, 6) is 0.390. The second-order valence-corrected chi connectivity index (χ2v) is 11.5. The van der Waals surface area contributed by atoms with Gasteiger partial charge in [0.2, 0.25) is 0 Å². The van der Waals surface area contributed by atoms with Crippen molar-refractivity contribution in [2.24, 2.45) is 40.9 Å². The first-order chi connectivity index (χ1) is 15.2. The van der Waals surface area contributed by atoms with E-state index in [2.05, 4.69) is 13.5 Å². The van der Waals surface area contributed by atoms with Gasteiger partial charge in [-0.25, -0.2) is 0 Å². The topological polar surface area (TPSA) is 66.8 Å². The van der Waals surface area contributed by atoms with Crippen LogP contribution in [0.4, 0.5) is 13.2 Å². The number of carbonyl (C=O) groups is 1. The Morgan fingerprint density at radius 3 is 2.24 bits per heavy atom. The van der Waals surface area contributed by atoms with Crippen molar-refractivity contribution >= 4 is 5.97 Å². The highest BCUT2D eigenvalue weighted by Gasteiger charge is 2.60. The number of aliphatic hydroxyl groups is 2. The van der Waals surface area contributed by atoms with Crippen LogP contribution in [0.2, 0.25) is 0 Å². The zero-order valence-electron chi connectivity index (χ0n) is 20.5. The Balaban J connectivity index is 1.81. The predicted molar refractivity (Wildman–Crippen MR) is 120 cm³/mol. The van der Waals surface area contributed by atoms with Gasteiger partial charge in [0.25, 0.3) is 0 Å². The lowest BCUT2D eigenvalue weighted by Crippen LogP contribution is -2.50. The Morgan fingerprint density at radius 2 is 1.76 bits per heavy atom. The monoisotopic (exact) mass is 474 g/mol. The van der Waals surface area contributed by atoms with Crippen molar-refractivity contribution in [3.05, 3.63) is 12.3 Å². The molecule has 3 rings (SSSR count). The highest BCUT2D eigenvalue weighted by molar-refractivity contribution is 5.77. The van der Waals surface area contributed by atoms with Gasteiger partial charge in [-0.1, -0.05) is 39.7 Å². The molecule has 0 saturated heterocycles. The fraction of sp³-hybridized carbons (Fsp3) is 0.885. The second-order valence-electron chi connectivity index (χ2n) is 11.5. The molecule has 0 spiro atoms. The Labute approximate surface area is 196 Å². The molecule has 2 N–H and O–H groups in total. The average Bonchev–Trinajstić information content (AvgIpc) is 3.31. The number of halogens is 3. The van der Waals surface area contributed by atoms with Gasteiger partial charge >= 0.3 is 12.1 Å². The molecule has 8 atom stereocenters. The number of hydrogen-bond donors (Lipinski definition) is 2. The molecule has 7 heteroatoms. The molecular formula is C26H41F3O4. The molecule has 0 aromatic heterocycles. The number of allylic oxidation sites excluding steroid dienone is 1. The number of ether oxygens (including phenoxy) is 1. The molecule has 0 aromatic rings. The van der Waals surface area contributed by atoms with Crippen LogP contribution in [-0.4, -0.2) is 34.1 Å². The zero-order chi connectivity index (χ0) is 24.8. The first-order valence-electron chi connectivity index (χ1n) is 12.6. The molecular weight excluding hydrogens is 433 g/mol. The summed E-state index contributed by atoms with van der Waals surface area (Å²) in [6.45, 7) is 10.4. The lowest BCUT2D eigenvalue weighted by atomic mass is 9.61. The summed E-state index contributed by atoms with van der Waals surface area (Å²) in [5, 5.41) is 20.2. The maximum atomic E-state index is 13.7. The van der Waals surface area contributed by atoms with E-state index in [1.54, 1.807) is 0 Å². The summed E-state index contributed by atoms with van der Waals surface area (Å²) in [5.41, 5.74) is -3.73. The molecule has 8 unspecified atom stereocenters. The van der Waals surface area contributed by atoms with E-state index in [-0.39, 0.29) is 41.3 Å². The van der Waals surface area contributed by atoms with Gasteiger partial charge in [0.1, 0.15) is 6.10 Å². The number of rotatable bonds is 8. The molecule has 3 aliphatic rings. The summed E-state index contributed by atoms with van der Waals surface area (Å²) in [6, 6.07) is 0. The predicted octanol–water partition coefficient (Wildman–Crippen LogP) is 6.58. The Bertz CT molecular complexity index is 726. The molecule has 3 saturated carbocycles. The van der Waals surface area contributed by atoms with Crippen molar-refractivity contribution in [1.29, 1.82) is 0 Å². The van der Waals surface area contributed by atoms with Gasteiger partial charge in [0.05, 0.1) is 11.2 Å². The fourth-order valence-corrected chi connectivity index (χ4v) is 7.27. The molecule has 0 aliphatic heterocycles. The SMILES string of the molecule is C=C(O)C1CC2CC1C(C)C2C(C)(CC)C(=O)OC(CC(C)(O)C(F)(F)F)C1CCCCC1. The van der Waals surface area contributed by atoms with Crippen LogP contribution in [0.3, 0.4) is 0 Å². The summed E-state index contributed by atoms with van der Waals surface area (Å²) in [7, 11) is 0. The van der Waals surface area contributed by atoms with Crippen molar-refractivity contribution < 1.29 is 32.9 Å². The number of hydrogen-bond acceptors (Lipinski definition) is 4. The van der Waals surface area contributed by atoms with Gasteiger partial charge in [-0.15, -0.1) is 0 Å². The normalized spacial score (nSPS) is 35.0. The van der Waals surface area contributed by atoms with Crippen molar-refractivity contribution in [2.45, 2.75) is 103 Å². The number of fused-ring (bicyclic) bond motifs is 2. The van der Waals surface area contributed by atoms with Crippen LogP contribution in [-0.2, 0) is 9.53 Å². The van der Waals surface area contributed by atoms with Crippen molar-refractivity contribution in [3.63, 3.8) is 0 Å². The van der Waals surface area contributed by atoms with Gasteiger partial charge in [0.15, 0.2) is 5.60 Å². The smallest absolute Gasteiger partial charge is 0.417 e. The van der Waals surface area contributed by atoms with E-state index < -0.39 is 35.7 Å². The van der Waals surface area contributed by atoms with E-state index in [1.165, 1.54) is 0 Å². The highest BCUT2D eigenvalue weighted by atomic mass is 19.4. The zero-order valence-corrected chi connectivity index (χ0v) is 20.5. The van der Waals surface area contributed by atoms with Crippen molar-refractivity contribution in [3.8, 4) is 0 Å². The van der Waals surface area contributed by atoms with Gasteiger partial charge in [-0.2, -0.15) is 13.2 Å². The quantitative estimate of drug-likeness (QED) is 0.308. The minimum absolute atomic E-state index is 0.0470. The van der Waals surface area contributed by atoms with E-state index in [0.717, 1.165) is 39.0 Å². The summed E-state index contributed by atoms with van der Waals surface area (Å²) in [4.78, 5) is 13.7. The lowest BCUT2D eigenvalue weighted by Gasteiger charge is -2.44. The first-order valence-corrected chi connectivity index (χ1v) is 12.6. The van der Waals surface area contributed by atoms with E-state index >= 15 is 0 Å². The highest BCUT2D eigenvalue weighted by Crippen LogP contribution is 2.62. The molecule has 0 aromatic carbocycles. The maximum absolute atomic E-state index is 13.7. The van der Waals surface area contributed by atoms with Crippen molar-refractivity contribution in [2.75, 3.05) is 0 Å². The fourth-order valence-electron chi connectivity index (χ4n) is 7.27. The summed E-state index contributed by atoms with van der Waals surface area (Å²) in [6.07, 6.45) is 0.0915. The van der Waals surface area contributed by atoms with Crippen LogP contribution in [0.25, 0.3) is 0 Å². The molecule has 0 amide bonds. The summed E-state index contributed by atoms with van der Waals surface area (Å²) < 4.78 is 46.4.